The molecule has 0 spiro atoms. The first-order valence-electron chi connectivity index (χ1n) is 6.12. The molecule has 1 N–H and O–H groups in total. The van der Waals surface area contributed by atoms with Gasteiger partial charge in [0, 0.05) is 18.3 Å². The van der Waals surface area contributed by atoms with Crippen LogP contribution in [0.4, 0.5) is 5.82 Å². The molecule has 0 saturated heterocycles. The molecule has 1 heterocycles. The van der Waals surface area contributed by atoms with Gasteiger partial charge in [0.15, 0.2) is 0 Å². The summed E-state index contributed by atoms with van der Waals surface area (Å²) in [5, 5.41) is 3.75. The topological polar surface area (TPSA) is 34.1 Å². The average molecular weight is 277 g/mol. The van der Waals surface area contributed by atoms with E-state index in [-0.39, 0.29) is 0 Å². The maximum absolute atomic E-state index is 6.01. The minimum absolute atomic E-state index is 0.514. The summed E-state index contributed by atoms with van der Waals surface area (Å²) in [4.78, 5) is 4.18. The third-order valence-electron chi connectivity index (χ3n) is 2.89. The van der Waals surface area contributed by atoms with Crippen molar-refractivity contribution in [2.45, 2.75) is 20.5 Å². The lowest BCUT2D eigenvalue weighted by atomic mass is 10.1. The van der Waals surface area contributed by atoms with E-state index in [1.165, 1.54) is 0 Å². The van der Waals surface area contributed by atoms with Crippen molar-refractivity contribution in [2.75, 3.05) is 12.4 Å². The molecule has 2 aromatic rings. The number of hydrogen-bond acceptors (Lipinski definition) is 3. The SMILES string of the molecule is CNc1cc(COc2c(C)cc(Cl)cc2C)ccn1. The van der Waals surface area contributed by atoms with Crippen molar-refractivity contribution in [1.29, 1.82) is 0 Å². The van der Waals surface area contributed by atoms with Gasteiger partial charge in [-0.25, -0.2) is 4.98 Å². The molecule has 0 amide bonds. The lowest BCUT2D eigenvalue weighted by Gasteiger charge is -2.13. The van der Waals surface area contributed by atoms with Crippen LogP contribution in [0, 0.1) is 13.8 Å². The van der Waals surface area contributed by atoms with Crippen LogP contribution in [0.25, 0.3) is 0 Å². The second kappa shape index (κ2) is 5.93. The largest absolute Gasteiger partial charge is 0.488 e. The Hall–Kier alpha value is -1.74. The predicted octanol–water partition coefficient (Wildman–Crippen LogP) is 3.97. The van der Waals surface area contributed by atoms with Crippen molar-refractivity contribution in [2.24, 2.45) is 0 Å². The molecule has 4 heteroatoms. The Morgan fingerprint density at radius 3 is 2.53 bits per heavy atom. The maximum atomic E-state index is 6.01. The smallest absolute Gasteiger partial charge is 0.126 e. The molecule has 1 aromatic heterocycles. The molecule has 0 fully saturated rings. The van der Waals surface area contributed by atoms with E-state index in [1.54, 1.807) is 6.20 Å². The second-order valence-electron chi connectivity index (χ2n) is 4.46. The third kappa shape index (κ3) is 3.38. The molecule has 0 aliphatic heterocycles. The number of ether oxygens (including phenoxy) is 1. The van der Waals surface area contributed by atoms with E-state index < -0.39 is 0 Å². The molecule has 1 aromatic carbocycles. The quantitative estimate of drug-likeness (QED) is 0.917. The fourth-order valence-corrected chi connectivity index (χ4v) is 2.31. The highest BCUT2D eigenvalue weighted by Crippen LogP contribution is 2.27. The molecule has 100 valence electrons. The number of nitrogens with one attached hydrogen (secondary N) is 1. The molecular weight excluding hydrogens is 260 g/mol. The third-order valence-corrected chi connectivity index (χ3v) is 3.11. The first kappa shape index (κ1) is 13.7. The number of nitrogens with zero attached hydrogens (tertiary/aromatic N) is 1. The van der Waals surface area contributed by atoms with Crippen LogP contribution in [0.5, 0.6) is 5.75 Å². The van der Waals surface area contributed by atoms with Gasteiger partial charge in [-0.15, -0.1) is 0 Å². The second-order valence-corrected chi connectivity index (χ2v) is 4.89. The van der Waals surface area contributed by atoms with Gasteiger partial charge in [0.2, 0.25) is 0 Å². The van der Waals surface area contributed by atoms with Crippen molar-refractivity contribution in [3.63, 3.8) is 0 Å². The van der Waals surface area contributed by atoms with Crippen molar-refractivity contribution < 1.29 is 4.74 Å². The zero-order valence-corrected chi connectivity index (χ0v) is 12.1. The Bertz CT molecular complexity index is 561. The van der Waals surface area contributed by atoms with E-state index in [0.29, 0.717) is 6.61 Å². The van der Waals surface area contributed by atoms with Crippen molar-refractivity contribution in [3.8, 4) is 5.75 Å². The fraction of sp³-hybridized carbons (Fsp3) is 0.267. The van der Waals surface area contributed by atoms with Gasteiger partial charge in [-0.3, -0.25) is 0 Å². The number of pyridine rings is 1. The normalized spacial score (nSPS) is 10.3. The molecule has 0 aliphatic carbocycles. The molecular formula is C15H17ClN2O. The fourth-order valence-electron chi connectivity index (χ4n) is 1.98. The van der Waals surface area contributed by atoms with E-state index in [0.717, 1.165) is 33.3 Å². The number of benzene rings is 1. The van der Waals surface area contributed by atoms with Crippen LogP contribution in [0.3, 0.4) is 0 Å². The molecule has 19 heavy (non-hydrogen) atoms. The van der Waals surface area contributed by atoms with Gasteiger partial charge in [0.1, 0.15) is 18.2 Å². The predicted molar refractivity (Wildman–Crippen MR) is 79.0 cm³/mol. The Morgan fingerprint density at radius 2 is 1.89 bits per heavy atom. The van der Waals surface area contributed by atoms with E-state index >= 15 is 0 Å². The van der Waals surface area contributed by atoms with Gasteiger partial charge >= 0.3 is 0 Å². The minimum atomic E-state index is 0.514. The highest BCUT2D eigenvalue weighted by atomic mass is 35.5. The molecule has 0 saturated carbocycles. The lowest BCUT2D eigenvalue weighted by Crippen LogP contribution is -2.00. The summed E-state index contributed by atoms with van der Waals surface area (Å²) in [6, 6.07) is 7.74. The van der Waals surface area contributed by atoms with Gasteiger partial charge in [0.25, 0.3) is 0 Å². The van der Waals surface area contributed by atoms with E-state index in [9.17, 15) is 0 Å². The van der Waals surface area contributed by atoms with Crippen LogP contribution in [0.1, 0.15) is 16.7 Å². The highest BCUT2D eigenvalue weighted by molar-refractivity contribution is 6.30. The minimum Gasteiger partial charge on any atom is -0.488 e. The summed E-state index contributed by atoms with van der Waals surface area (Å²) in [5.41, 5.74) is 3.17. The van der Waals surface area contributed by atoms with E-state index in [1.807, 2.05) is 45.2 Å². The van der Waals surface area contributed by atoms with Gasteiger partial charge in [-0.05, 0) is 54.8 Å². The van der Waals surface area contributed by atoms with Crippen LogP contribution in [-0.4, -0.2) is 12.0 Å². The number of aromatic nitrogens is 1. The lowest BCUT2D eigenvalue weighted by molar-refractivity contribution is 0.302. The van der Waals surface area contributed by atoms with Crippen LogP contribution in [0.15, 0.2) is 30.5 Å². The van der Waals surface area contributed by atoms with Crippen molar-refractivity contribution in [1.82, 2.24) is 4.98 Å². The number of rotatable bonds is 4. The Kier molecular flexibility index (Phi) is 4.27. The summed E-state index contributed by atoms with van der Waals surface area (Å²) in [5.74, 6) is 1.73. The standard InChI is InChI=1S/C15H17ClN2O/c1-10-6-13(16)7-11(2)15(10)19-9-12-4-5-18-14(8-12)17-3/h4-8H,9H2,1-3H3,(H,17,18). The summed E-state index contributed by atoms with van der Waals surface area (Å²) < 4.78 is 5.89. The Labute approximate surface area is 118 Å². The van der Waals surface area contributed by atoms with Gasteiger partial charge in [-0.2, -0.15) is 0 Å². The Morgan fingerprint density at radius 1 is 1.21 bits per heavy atom. The van der Waals surface area contributed by atoms with Gasteiger partial charge < -0.3 is 10.1 Å². The first-order chi connectivity index (χ1) is 9.10. The maximum Gasteiger partial charge on any atom is 0.126 e. The van der Waals surface area contributed by atoms with Gasteiger partial charge in [-0.1, -0.05) is 11.6 Å². The zero-order chi connectivity index (χ0) is 13.8. The number of halogens is 1. The summed E-state index contributed by atoms with van der Waals surface area (Å²) in [6.45, 7) is 4.51. The summed E-state index contributed by atoms with van der Waals surface area (Å²) in [7, 11) is 1.85. The number of aryl methyl sites for hydroxylation is 2. The molecule has 2 rings (SSSR count). The van der Waals surface area contributed by atoms with Gasteiger partial charge in [0.05, 0.1) is 0 Å². The van der Waals surface area contributed by atoms with Crippen LogP contribution >= 0.6 is 11.6 Å². The molecule has 0 bridgehead atoms. The van der Waals surface area contributed by atoms with Crippen LogP contribution in [0.2, 0.25) is 5.02 Å². The average Bonchev–Trinajstić information content (AvgIpc) is 2.37. The summed E-state index contributed by atoms with van der Waals surface area (Å²) in [6.07, 6.45) is 1.77. The van der Waals surface area contributed by atoms with Crippen molar-refractivity contribution in [3.05, 3.63) is 52.2 Å². The van der Waals surface area contributed by atoms with E-state index in [2.05, 4.69) is 10.3 Å². The van der Waals surface area contributed by atoms with Crippen molar-refractivity contribution >= 4 is 17.4 Å². The van der Waals surface area contributed by atoms with Crippen LogP contribution in [-0.2, 0) is 6.61 Å². The Balaban J connectivity index is 2.14. The first-order valence-corrected chi connectivity index (χ1v) is 6.50. The molecule has 0 aliphatic rings. The molecule has 0 atom stereocenters. The number of hydrogen-bond donors (Lipinski definition) is 1. The summed E-state index contributed by atoms with van der Waals surface area (Å²) >= 11 is 6.01. The molecule has 0 unspecified atom stereocenters. The zero-order valence-electron chi connectivity index (χ0n) is 11.3. The molecule has 3 nitrogen and oxygen atoms in total. The molecule has 0 radical (unpaired) electrons. The number of anilines is 1. The van der Waals surface area contributed by atoms with E-state index in [4.69, 9.17) is 16.3 Å². The highest BCUT2D eigenvalue weighted by Gasteiger charge is 2.06. The monoisotopic (exact) mass is 276 g/mol. The van der Waals surface area contributed by atoms with Crippen LogP contribution < -0.4 is 10.1 Å².